The lowest BCUT2D eigenvalue weighted by Crippen LogP contribution is -2.55. The summed E-state index contributed by atoms with van der Waals surface area (Å²) in [6.45, 7) is 4.36. The summed E-state index contributed by atoms with van der Waals surface area (Å²) >= 11 is 0. The maximum atomic E-state index is 12.1. The summed E-state index contributed by atoms with van der Waals surface area (Å²) < 4.78 is 12.6. The van der Waals surface area contributed by atoms with E-state index in [9.17, 15) is 9.46 Å². The lowest BCUT2D eigenvalue weighted by Gasteiger charge is -2.39. The van der Waals surface area contributed by atoms with E-state index in [0.717, 1.165) is 25.7 Å². The topological polar surface area (TPSA) is 40.1 Å². The van der Waals surface area contributed by atoms with Crippen molar-refractivity contribution >= 4 is 8.03 Å². The molecule has 202 valence electrons. The third kappa shape index (κ3) is 16.4. The highest BCUT2D eigenvalue weighted by atomic mass is 31.1. The van der Waals surface area contributed by atoms with E-state index in [0.29, 0.717) is 4.48 Å². The molecule has 0 rings (SSSR count). The van der Waals surface area contributed by atoms with E-state index in [1.165, 1.54) is 116 Å². The predicted octanol–water partition coefficient (Wildman–Crippen LogP) is 9.67. The maximum Gasteiger partial charge on any atom is 0.376 e. The quantitative estimate of drug-likeness (QED) is 0.0544. The molecule has 2 atom stereocenters. The van der Waals surface area contributed by atoms with Gasteiger partial charge < -0.3 is 4.89 Å². The first-order valence-electron chi connectivity index (χ1n) is 14.9. The van der Waals surface area contributed by atoms with Crippen LogP contribution in [0.3, 0.4) is 0 Å². The Hall–Kier alpha value is -0.240. The van der Waals surface area contributed by atoms with Gasteiger partial charge in [-0.3, -0.25) is 4.48 Å². The van der Waals surface area contributed by atoms with Gasteiger partial charge in [0.15, 0.2) is 0 Å². The van der Waals surface area contributed by atoms with Gasteiger partial charge in [-0.25, -0.2) is 0 Å². The summed E-state index contributed by atoms with van der Waals surface area (Å²) in [4.78, 5) is 12.1. The van der Waals surface area contributed by atoms with Crippen LogP contribution >= 0.6 is 8.03 Å². The molecule has 4 heteroatoms. The molecule has 3 nitrogen and oxygen atoms in total. The third-order valence-electron chi connectivity index (χ3n) is 7.58. The monoisotopic (exact) mass is 498 g/mol. The fourth-order valence-electron chi connectivity index (χ4n) is 5.16. The number of allylic oxidation sites excluding steroid dienone is 2. The second-order valence-electron chi connectivity index (χ2n) is 11.5. The summed E-state index contributed by atoms with van der Waals surface area (Å²) in [6, 6.07) is 0. The molecule has 0 fully saturated rings. The van der Waals surface area contributed by atoms with Crippen molar-refractivity contribution in [1.29, 1.82) is 0 Å². The summed E-state index contributed by atoms with van der Waals surface area (Å²) in [5, 5.41) is -0.588. The van der Waals surface area contributed by atoms with Gasteiger partial charge in [0.2, 0.25) is 0 Å². The molecule has 0 saturated heterocycles. The fraction of sp³-hybridized carbons (Fsp3) is 0.933. The van der Waals surface area contributed by atoms with Crippen LogP contribution in [0.25, 0.3) is 0 Å². The first-order valence-corrected chi connectivity index (χ1v) is 16.1. The molecule has 0 N–H and O–H groups in total. The predicted molar refractivity (Wildman–Crippen MR) is 150 cm³/mol. The van der Waals surface area contributed by atoms with Crippen LogP contribution in [-0.2, 0) is 4.57 Å². The Labute approximate surface area is 215 Å². The van der Waals surface area contributed by atoms with Gasteiger partial charge in [0.05, 0.1) is 21.1 Å². The van der Waals surface area contributed by atoms with Gasteiger partial charge in [0.25, 0.3) is 5.28 Å². The molecule has 0 aliphatic rings. The molecule has 0 aliphatic carbocycles. The largest absolute Gasteiger partial charge is 0.590 e. The van der Waals surface area contributed by atoms with Crippen LogP contribution in [0.1, 0.15) is 155 Å². The fourth-order valence-corrected chi connectivity index (χ4v) is 6.40. The standard InChI is InChI=1S/C30H61NO2P/c1-6-8-9-10-11-12-13-14-15-16-17-18-19-20-21-22-23-24-25-26-27-29-30(28-7-2,34(32)33)31(3,4)5/h11-12H,6-10,13-29H2,1-5H3/q+1/b12-11-. The van der Waals surface area contributed by atoms with E-state index in [-0.39, 0.29) is 0 Å². The van der Waals surface area contributed by atoms with E-state index >= 15 is 0 Å². The van der Waals surface area contributed by atoms with E-state index in [1.54, 1.807) is 0 Å². The van der Waals surface area contributed by atoms with Crippen molar-refractivity contribution in [3.8, 4) is 0 Å². The molecule has 0 aromatic carbocycles. The number of hydrogen-bond donors (Lipinski definition) is 0. The second kappa shape index (κ2) is 22.0. The van der Waals surface area contributed by atoms with Gasteiger partial charge in [-0.05, 0) is 38.5 Å². The minimum absolute atomic E-state index is 0.524. The van der Waals surface area contributed by atoms with Crippen LogP contribution < -0.4 is 4.89 Å². The number of quaternary nitrogens is 1. The highest BCUT2D eigenvalue weighted by Crippen LogP contribution is 2.45. The van der Waals surface area contributed by atoms with Crippen molar-refractivity contribution in [3.05, 3.63) is 12.2 Å². The van der Waals surface area contributed by atoms with Gasteiger partial charge >= 0.3 is 8.03 Å². The number of nitrogens with zero attached hydrogens (tertiary/aromatic N) is 1. The average Bonchev–Trinajstić information content (AvgIpc) is 2.78. The Balaban J connectivity index is 3.54. The zero-order valence-electron chi connectivity index (χ0n) is 23.9. The SMILES string of the molecule is CCCCC/C=C\CCCCCCCCCCCCCCCCC(CCC)([P+](=O)[O-])[N+](C)(C)C. The Morgan fingerprint density at radius 1 is 0.588 bits per heavy atom. The molecule has 0 radical (unpaired) electrons. The highest BCUT2D eigenvalue weighted by molar-refractivity contribution is 7.38. The summed E-state index contributed by atoms with van der Waals surface area (Å²) in [5.41, 5.74) is 0. The molecule has 0 saturated carbocycles. The summed E-state index contributed by atoms with van der Waals surface area (Å²) in [7, 11) is 3.69. The molecule has 34 heavy (non-hydrogen) atoms. The van der Waals surface area contributed by atoms with E-state index in [1.807, 2.05) is 21.1 Å². The average molecular weight is 499 g/mol. The second-order valence-corrected chi connectivity index (χ2v) is 12.8. The van der Waals surface area contributed by atoms with Gasteiger partial charge in [-0.15, -0.1) is 0 Å². The smallest absolute Gasteiger partial charge is 0.376 e. The van der Waals surface area contributed by atoms with Gasteiger partial charge in [-0.2, -0.15) is 0 Å². The molecular formula is C30H61NO2P+. The molecular weight excluding hydrogens is 437 g/mol. The maximum absolute atomic E-state index is 12.1. The molecule has 0 spiro atoms. The van der Waals surface area contributed by atoms with Gasteiger partial charge in [0, 0.05) is 12.8 Å². The normalized spacial score (nSPS) is 14.6. The van der Waals surface area contributed by atoms with E-state index in [4.69, 9.17) is 0 Å². The third-order valence-corrected chi connectivity index (χ3v) is 9.30. The first-order chi connectivity index (χ1) is 16.3. The number of unbranched alkanes of at least 4 members (excludes halogenated alkanes) is 17. The van der Waals surface area contributed by atoms with Crippen LogP contribution in [0, 0.1) is 0 Å². The van der Waals surface area contributed by atoms with E-state index < -0.39 is 13.3 Å². The lowest BCUT2D eigenvalue weighted by atomic mass is 9.99. The van der Waals surface area contributed by atoms with Crippen LogP contribution in [0.4, 0.5) is 0 Å². The first kappa shape index (κ1) is 33.8. The zero-order chi connectivity index (χ0) is 25.5. The van der Waals surface area contributed by atoms with Gasteiger partial charge in [-0.1, -0.05) is 120 Å². The van der Waals surface area contributed by atoms with Crippen LogP contribution in [-0.4, -0.2) is 30.9 Å². The van der Waals surface area contributed by atoms with Crippen LogP contribution in [0.15, 0.2) is 12.2 Å². The molecule has 0 aromatic heterocycles. The van der Waals surface area contributed by atoms with E-state index in [2.05, 4.69) is 26.0 Å². The molecule has 0 heterocycles. The number of rotatable bonds is 25. The van der Waals surface area contributed by atoms with Gasteiger partial charge in [0.1, 0.15) is 0 Å². The molecule has 0 aliphatic heterocycles. The minimum Gasteiger partial charge on any atom is -0.590 e. The van der Waals surface area contributed by atoms with Crippen LogP contribution in [0.2, 0.25) is 0 Å². The van der Waals surface area contributed by atoms with Crippen molar-refractivity contribution in [3.63, 3.8) is 0 Å². The summed E-state index contributed by atoms with van der Waals surface area (Å²) in [5.74, 6) is 0. The Morgan fingerprint density at radius 3 is 1.32 bits per heavy atom. The molecule has 0 aromatic rings. The highest BCUT2D eigenvalue weighted by Gasteiger charge is 2.53. The molecule has 0 amide bonds. The van der Waals surface area contributed by atoms with Crippen molar-refractivity contribution < 1.29 is 13.9 Å². The number of hydrogen-bond acceptors (Lipinski definition) is 2. The zero-order valence-corrected chi connectivity index (χ0v) is 24.8. The molecule has 0 bridgehead atoms. The van der Waals surface area contributed by atoms with Crippen molar-refractivity contribution in [2.75, 3.05) is 21.1 Å². The van der Waals surface area contributed by atoms with Crippen molar-refractivity contribution in [2.24, 2.45) is 0 Å². The Morgan fingerprint density at radius 2 is 0.971 bits per heavy atom. The Kier molecular flexibility index (Phi) is 21.8. The Bertz CT molecular complexity index is 501. The molecule has 2 unspecified atom stereocenters. The minimum atomic E-state index is -2.42. The van der Waals surface area contributed by atoms with Crippen molar-refractivity contribution in [2.45, 2.75) is 160 Å². The van der Waals surface area contributed by atoms with Crippen molar-refractivity contribution in [1.82, 2.24) is 0 Å². The van der Waals surface area contributed by atoms with Crippen LogP contribution in [0.5, 0.6) is 0 Å². The lowest BCUT2D eigenvalue weighted by molar-refractivity contribution is -0.910. The summed E-state index contributed by atoms with van der Waals surface area (Å²) in [6.07, 6.45) is 32.6.